The molecule has 0 saturated heterocycles. The van der Waals surface area contributed by atoms with Gasteiger partial charge in [-0.05, 0) is 31.1 Å². The zero-order valence-electron chi connectivity index (χ0n) is 9.23. The second-order valence-electron chi connectivity index (χ2n) is 3.36. The highest BCUT2D eigenvalue weighted by Crippen LogP contribution is 2.13. The smallest absolute Gasteiger partial charge is 0.211 e. The summed E-state index contributed by atoms with van der Waals surface area (Å²) in [6.45, 7) is 5.55. The van der Waals surface area contributed by atoms with Crippen molar-refractivity contribution in [2.45, 2.75) is 18.2 Å². The van der Waals surface area contributed by atoms with Gasteiger partial charge in [0.05, 0.1) is 4.90 Å². The number of benzene rings is 1. The third-order valence-corrected chi connectivity index (χ3v) is 3.73. The summed E-state index contributed by atoms with van der Waals surface area (Å²) in [7, 11) is -3.39. The molecule has 0 aliphatic rings. The molecule has 0 unspecified atom stereocenters. The minimum absolute atomic E-state index is 0.331. The van der Waals surface area contributed by atoms with Crippen LogP contribution in [0.25, 0.3) is 0 Å². The topological polar surface area (TPSA) is 46.2 Å². The molecule has 0 aliphatic carbocycles. The van der Waals surface area contributed by atoms with Gasteiger partial charge in [-0.3, -0.25) is 0 Å². The molecule has 1 aromatic rings. The SMILES string of the molecule is C=C=CCCNS(=O)(=O)c1ccccc1C. The molecule has 1 aromatic carbocycles. The number of rotatable bonds is 5. The summed E-state index contributed by atoms with van der Waals surface area (Å²) in [5, 5.41) is 0. The molecule has 0 heterocycles. The molecule has 0 spiro atoms. The van der Waals surface area contributed by atoms with Crippen molar-refractivity contribution in [3.63, 3.8) is 0 Å². The number of aryl methyl sites for hydroxylation is 1. The fourth-order valence-electron chi connectivity index (χ4n) is 1.30. The average molecular weight is 237 g/mol. The molecule has 0 saturated carbocycles. The lowest BCUT2D eigenvalue weighted by molar-refractivity contribution is 0.581. The highest BCUT2D eigenvalue weighted by Gasteiger charge is 2.14. The lowest BCUT2D eigenvalue weighted by atomic mass is 10.2. The Bertz CT molecular complexity index is 500. The first kappa shape index (κ1) is 12.7. The summed E-state index contributed by atoms with van der Waals surface area (Å²) in [6, 6.07) is 6.90. The van der Waals surface area contributed by atoms with Gasteiger partial charge in [-0.1, -0.05) is 24.8 Å². The molecule has 0 fully saturated rings. The summed E-state index contributed by atoms with van der Waals surface area (Å²) < 4.78 is 26.2. The normalized spacial score (nSPS) is 10.8. The lowest BCUT2D eigenvalue weighted by Crippen LogP contribution is -2.25. The van der Waals surface area contributed by atoms with E-state index in [1.165, 1.54) is 0 Å². The van der Waals surface area contributed by atoms with Crippen LogP contribution in [-0.2, 0) is 10.0 Å². The van der Waals surface area contributed by atoms with Crippen LogP contribution >= 0.6 is 0 Å². The van der Waals surface area contributed by atoms with Crippen LogP contribution in [-0.4, -0.2) is 15.0 Å². The number of hydrogen-bond acceptors (Lipinski definition) is 2. The van der Waals surface area contributed by atoms with Gasteiger partial charge in [0.1, 0.15) is 0 Å². The Morgan fingerprint density at radius 2 is 2.12 bits per heavy atom. The molecule has 86 valence electrons. The summed E-state index contributed by atoms with van der Waals surface area (Å²) >= 11 is 0. The van der Waals surface area contributed by atoms with E-state index in [1.807, 2.05) is 6.07 Å². The minimum Gasteiger partial charge on any atom is -0.211 e. The van der Waals surface area contributed by atoms with E-state index in [-0.39, 0.29) is 0 Å². The Morgan fingerprint density at radius 1 is 1.44 bits per heavy atom. The van der Waals surface area contributed by atoms with Crippen molar-refractivity contribution in [3.8, 4) is 0 Å². The maximum Gasteiger partial charge on any atom is 0.240 e. The minimum atomic E-state index is -3.39. The van der Waals surface area contributed by atoms with Crippen molar-refractivity contribution in [2.75, 3.05) is 6.54 Å². The van der Waals surface area contributed by atoms with E-state index in [0.29, 0.717) is 17.9 Å². The standard InChI is InChI=1S/C12H15NO2S/c1-3-4-7-10-13-16(14,15)12-9-6-5-8-11(12)2/h4-6,8-9,13H,1,7,10H2,2H3. The Kier molecular flexibility index (Phi) is 4.50. The van der Waals surface area contributed by atoms with Gasteiger partial charge in [0.25, 0.3) is 0 Å². The molecule has 3 nitrogen and oxygen atoms in total. The van der Waals surface area contributed by atoms with Gasteiger partial charge in [-0.15, -0.1) is 5.73 Å². The van der Waals surface area contributed by atoms with E-state index in [0.717, 1.165) is 5.56 Å². The molecule has 16 heavy (non-hydrogen) atoms. The Labute approximate surface area is 96.6 Å². The fourth-order valence-corrected chi connectivity index (χ4v) is 2.59. The molecule has 4 heteroatoms. The van der Waals surface area contributed by atoms with Crippen LogP contribution in [0, 0.1) is 6.92 Å². The average Bonchev–Trinajstić information content (AvgIpc) is 2.25. The van der Waals surface area contributed by atoms with E-state index in [1.54, 1.807) is 31.2 Å². The van der Waals surface area contributed by atoms with Crippen LogP contribution in [0.4, 0.5) is 0 Å². The van der Waals surface area contributed by atoms with E-state index < -0.39 is 10.0 Å². The highest BCUT2D eigenvalue weighted by molar-refractivity contribution is 7.89. The number of nitrogens with one attached hydrogen (secondary N) is 1. The van der Waals surface area contributed by atoms with E-state index in [4.69, 9.17) is 0 Å². The van der Waals surface area contributed by atoms with Crippen molar-refractivity contribution < 1.29 is 8.42 Å². The predicted molar refractivity (Wildman–Crippen MR) is 64.7 cm³/mol. The Balaban J connectivity index is 2.79. The highest BCUT2D eigenvalue weighted by atomic mass is 32.2. The van der Waals surface area contributed by atoms with Crippen molar-refractivity contribution in [3.05, 3.63) is 48.2 Å². The summed E-state index contributed by atoms with van der Waals surface area (Å²) in [5.41, 5.74) is 3.34. The molecular formula is C12H15NO2S. The van der Waals surface area contributed by atoms with E-state index >= 15 is 0 Å². The first-order valence-corrected chi connectivity index (χ1v) is 6.46. The third kappa shape index (κ3) is 3.35. The quantitative estimate of drug-likeness (QED) is 0.629. The first-order chi connectivity index (χ1) is 7.58. The Hall–Kier alpha value is -1.35. The molecule has 0 amide bonds. The van der Waals surface area contributed by atoms with Crippen molar-refractivity contribution >= 4 is 10.0 Å². The number of sulfonamides is 1. The second-order valence-corrected chi connectivity index (χ2v) is 5.10. The lowest BCUT2D eigenvalue weighted by Gasteiger charge is -2.07. The zero-order chi connectivity index (χ0) is 12.0. The van der Waals surface area contributed by atoms with Crippen molar-refractivity contribution in [1.29, 1.82) is 0 Å². The van der Waals surface area contributed by atoms with Crippen LogP contribution in [0.15, 0.2) is 47.5 Å². The molecule has 0 aliphatic heterocycles. The maximum absolute atomic E-state index is 11.9. The van der Waals surface area contributed by atoms with Crippen LogP contribution < -0.4 is 4.72 Å². The summed E-state index contributed by atoms with van der Waals surface area (Å²) in [6.07, 6.45) is 2.29. The van der Waals surface area contributed by atoms with E-state index in [9.17, 15) is 8.42 Å². The molecule has 0 radical (unpaired) electrons. The van der Waals surface area contributed by atoms with Gasteiger partial charge in [0.2, 0.25) is 10.0 Å². The maximum atomic E-state index is 11.9. The molecular weight excluding hydrogens is 222 g/mol. The zero-order valence-corrected chi connectivity index (χ0v) is 10.0. The van der Waals surface area contributed by atoms with Crippen molar-refractivity contribution in [2.24, 2.45) is 0 Å². The predicted octanol–water partition coefficient (Wildman–Crippen LogP) is 2.00. The van der Waals surface area contributed by atoms with Crippen LogP contribution in [0.1, 0.15) is 12.0 Å². The molecule has 0 bridgehead atoms. The van der Waals surface area contributed by atoms with Gasteiger partial charge in [-0.2, -0.15) is 0 Å². The second kappa shape index (κ2) is 5.66. The monoisotopic (exact) mass is 237 g/mol. The van der Waals surface area contributed by atoms with Crippen LogP contribution in [0.3, 0.4) is 0 Å². The number of hydrogen-bond donors (Lipinski definition) is 1. The Morgan fingerprint density at radius 3 is 2.75 bits per heavy atom. The van der Waals surface area contributed by atoms with E-state index in [2.05, 4.69) is 17.0 Å². The molecule has 0 aromatic heterocycles. The fraction of sp³-hybridized carbons (Fsp3) is 0.250. The largest absolute Gasteiger partial charge is 0.240 e. The van der Waals surface area contributed by atoms with Gasteiger partial charge >= 0.3 is 0 Å². The first-order valence-electron chi connectivity index (χ1n) is 4.97. The summed E-state index contributed by atoms with van der Waals surface area (Å²) in [4.78, 5) is 0.331. The molecule has 1 rings (SSSR count). The third-order valence-electron chi connectivity index (χ3n) is 2.11. The molecule has 1 N–H and O–H groups in total. The van der Waals surface area contributed by atoms with Gasteiger partial charge in [0, 0.05) is 6.54 Å². The molecule has 0 atom stereocenters. The van der Waals surface area contributed by atoms with Crippen LogP contribution in [0.5, 0.6) is 0 Å². The van der Waals surface area contributed by atoms with Gasteiger partial charge < -0.3 is 0 Å². The van der Waals surface area contributed by atoms with Crippen molar-refractivity contribution in [1.82, 2.24) is 4.72 Å². The summed E-state index contributed by atoms with van der Waals surface area (Å²) in [5.74, 6) is 0. The van der Waals surface area contributed by atoms with Crippen LogP contribution in [0.2, 0.25) is 0 Å². The van der Waals surface area contributed by atoms with Gasteiger partial charge in [-0.25, -0.2) is 13.1 Å². The van der Waals surface area contributed by atoms with Gasteiger partial charge in [0.15, 0.2) is 0 Å².